The minimum absolute atomic E-state index is 0.0337. The zero-order valence-corrected chi connectivity index (χ0v) is 13.4. The molecule has 0 fully saturated rings. The quantitative estimate of drug-likeness (QED) is 0.734. The predicted octanol–water partition coefficient (Wildman–Crippen LogP) is 3.60. The highest BCUT2D eigenvalue weighted by atomic mass is 16.5. The number of aromatic nitrogens is 2. The zero-order valence-electron chi connectivity index (χ0n) is 13.4. The van der Waals surface area contributed by atoms with E-state index in [0.717, 1.165) is 24.3 Å². The lowest BCUT2D eigenvalue weighted by atomic mass is 9.96. The molecule has 0 aliphatic carbocycles. The summed E-state index contributed by atoms with van der Waals surface area (Å²) in [6, 6.07) is 16.0. The molecule has 1 aliphatic heterocycles. The summed E-state index contributed by atoms with van der Waals surface area (Å²) >= 11 is 0. The third kappa shape index (κ3) is 2.90. The van der Waals surface area contributed by atoms with E-state index < -0.39 is 0 Å². The maximum atomic E-state index is 5.91. The van der Waals surface area contributed by atoms with Gasteiger partial charge in [-0.15, -0.1) is 0 Å². The van der Waals surface area contributed by atoms with Crippen molar-refractivity contribution in [1.82, 2.24) is 10.1 Å². The van der Waals surface area contributed by atoms with E-state index in [-0.39, 0.29) is 6.10 Å². The van der Waals surface area contributed by atoms with E-state index in [1.165, 1.54) is 11.1 Å². The van der Waals surface area contributed by atoms with Crippen LogP contribution in [0.1, 0.15) is 23.1 Å². The van der Waals surface area contributed by atoms with Crippen molar-refractivity contribution in [3.8, 4) is 17.1 Å². The number of nitrogens with zero attached hydrogens (tertiary/aromatic N) is 2. The lowest BCUT2D eigenvalue weighted by Gasteiger charge is -2.24. The second kappa shape index (κ2) is 6.45. The number of fused-ring (bicyclic) bond motifs is 1. The van der Waals surface area contributed by atoms with Crippen LogP contribution < -0.4 is 4.74 Å². The van der Waals surface area contributed by atoms with Gasteiger partial charge in [-0.3, -0.25) is 0 Å². The Bertz CT molecular complexity index is 844. The topological polar surface area (TPSA) is 57.4 Å². The van der Waals surface area contributed by atoms with Crippen LogP contribution in [0.25, 0.3) is 11.4 Å². The van der Waals surface area contributed by atoms with Crippen molar-refractivity contribution in [1.29, 1.82) is 0 Å². The van der Waals surface area contributed by atoms with Gasteiger partial charge in [0, 0.05) is 5.56 Å². The Hall–Kier alpha value is -2.66. The first-order chi connectivity index (χ1) is 11.8. The lowest BCUT2D eigenvalue weighted by molar-refractivity contribution is 0.0375. The molecule has 0 spiro atoms. The van der Waals surface area contributed by atoms with Gasteiger partial charge in [0.1, 0.15) is 5.75 Å². The predicted molar refractivity (Wildman–Crippen MR) is 88.8 cm³/mol. The van der Waals surface area contributed by atoms with Crippen LogP contribution in [0.2, 0.25) is 0 Å². The molecule has 0 saturated heterocycles. The Morgan fingerprint density at radius 3 is 3.00 bits per heavy atom. The van der Waals surface area contributed by atoms with E-state index in [1.807, 2.05) is 30.3 Å². The summed E-state index contributed by atoms with van der Waals surface area (Å²) in [5.74, 6) is 1.91. The van der Waals surface area contributed by atoms with Crippen molar-refractivity contribution in [2.45, 2.75) is 18.9 Å². The maximum Gasteiger partial charge on any atom is 0.229 e. The van der Waals surface area contributed by atoms with E-state index >= 15 is 0 Å². The molecule has 5 nitrogen and oxygen atoms in total. The molecule has 1 aromatic heterocycles. The fourth-order valence-corrected chi connectivity index (χ4v) is 3.02. The van der Waals surface area contributed by atoms with Crippen LogP contribution in [0.3, 0.4) is 0 Å². The Kier molecular flexibility index (Phi) is 4.01. The second-order valence-electron chi connectivity index (χ2n) is 5.76. The summed E-state index contributed by atoms with van der Waals surface area (Å²) in [4.78, 5) is 4.51. The van der Waals surface area contributed by atoms with E-state index in [4.69, 9.17) is 14.0 Å². The van der Waals surface area contributed by atoms with Crippen molar-refractivity contribution in [2.75, 3.05) is 13.7 Å². The molecule has 1 atom stereocenters. The van der Waals surface area contributed by atoms with Crippen molar-refractivity contribution in [2.24, 2.45) is 0 Å². The third-order valence-corrected chi connectivity index (χ3v) is 4.25. The maximum absolute atomic E-state index is 5.91. The fourth-order valence-electron chi connectivity index (χ4n) is 3.02. The van der Waals surface area contributed by atoms with E-state index in [1.54, 1.807) is 7.11 Å². The highest BCUT2D eigenvalue weighted by Crippen LogP contribution is 2.30. The largest absolute Gasteiger partial charge is 0.497 e. The normalized spacial score (nSPS) is 16.6. The number of hydrogen-bond acceptors (Lipinski definition) is 5. The molecule has 0 N–H and O–H groups in total. The number of hydrogen-bond donors (Lipinski definition) is 0. The number of ether oxygens (including phenoxy) is 2. The average Bonchev–Trinajstić information content (AvgIpc) is 3.11. The lowest BCUT2D eigenvalue weighted by Crippen LogP contribution is -2.18. The van der Waals surface area contributed by atoms with Gasteiger partial charge in [0.15, 0.2) is 0 Å². The summed E-state index contributed by atoms with van der Waals surface area (Å²) in [5.41, 5.74) is 3.42. The zero-order chi connectivity index (χ0) is 16.4. The van der Waals surface area contributed by atoms with Gasteiger partial charge in [0.2, 0.25) is 11.7 Å². The van der Waals surface area contributed by atoms with E-state index in [2.05, 4.69) is 28.3 Å². The second-order valence-corrected chi connectivity index (χ2v) is 5.76. The summed E-state index contributed by atoms with van der Waals surface area (Å²) in [5, 5.41) is 4.09. The minimum atomic E-state index is -0.0337. The van der Waals surface area contributed by atoms with E-state index in [9.17, 15) is 0 Å². The monoisotopic (exact) mass is 322 g/mol. The minimum Gasteiger partial charge on any atom is -0.497 e. The molecular weight excluding hydrogens is 304 g/mol. The third-order valence-electron chi connectivity index (χ3n) is 4.25. The van der Waals surface area contributed by atoms with Crippen LogP contribution in [0, 0.1) is 0 Å². The molecule has 0 amide bonds. The van der Waals surface area contributed by atoms with Crippen LogP contribution >= 0.6 is 0 Å². The van der Waals surface area contributed by atoms with Gasteiger partial charge >= 0.3 is 0 Å². The first-order valence-corrected chi connectivity index (χ1v) is 8.00. The molecule has 122 valence electrons. The number of methoxy groups -OCH3 is 1. The standard InChI is InChI=1S/C19H18N2O3/c1-22-15-7-4-6-14(11-15)19-20-18(24-21-19)12-17-16-8-3-2-5-13(16)9-10-23-17/h2-8,11,17H,9-10,12H2,1H3. The molecule has 2 aromatic carbocycles. The van der Waals surface area contributed by atoms with Gasteiger partial charge in [-0.2, -0.15) is 4.98 Å². The molecule has 0 radical (unpaired) electrons. The van der Waals surface area contributed by atoms with Crippen molar-refractivity contribution >= 4 is 0 Å². The number of benzene rings is 2. The molecule has 24 heavy (non-hydrogen) atoms. The molecule has 2 heterocycles. The highest BCUT2D eigenvalue weighted by Gasteiger charge is 2.23. The Morgan fingerprint density at radius 2 is 2.08 bits per heavy atom. The Morgan fingerprint density at radius 1 is 1.17 bits per heavy atom. The Balaban J connectivity index is 1.56. The van der Waals surface area contributed by atoms with Gasteiger partial charge < -0.3 is 14.0 Å². The van der Waals surface area contributed by atoms with Gasteiger partial charge in [0.05, 0.1) is 26.2 Å². The Labute approximate surface area is 140 Å². The van der Waals surface area contributed by atoms with E-state index in [0.29, 0.717) is 18.1 Å². The van der Waals surface area contributed by atoms with Crippen LogP contribution in [-0.2, 0) is 17.6 Å². The van der Waals surface area contributed by atoms with Crippen LogP contribution in [0.5, 0.6) is 5.75 Å². The van der Waals surface area contributed by atoms with Gasteiger partial charge in [-0.1, -0.05) is 41.6 Å². The molecule has 5 heteroatoms. The summed E-state index contributed by atoms with van der Waals surface area (Å²) in [7, 11) is 1.64. The van der Waals surface area contributed by atoms with Crippen molar-refractivity contribution in [3.63, 3.8) is 0 Å². The first-order valence-electron chi connectivity index (χ1n) is 8.00. The van der Waals surface area contributed by atoms with Crippen molar-refractivity contribution < 1.29 is 14.0 Å². The van der Waals surface area contributed by atoms with Crippen LogP contribution in [-0.4, -0.2) is 23.9 Å². The van der Waals surface area contributed by atoms with Gasteiger partial charge in [-0.25, -0.2) is 0 Å². The summed E-state index contributed by atoms with van der Waals surface area (Å²) in [6.07, 6.45) is 1.49. The smallest absolute Gasteiger partial charge is 0.229 e. The molecule has 1 unspecified atom stereocenters. The molecule has 3 aromatic rings. The van der Waals surface area contributed by atoms with Gasteiger partial charge in [0.25, 0.3) is 0 Å². The first kappa shape index (κ1) is 14.9. The summed E-state index contributed by atoms with van der Waals surface area (Å²) < 4.78 is 16.6. The molecule has 0 saturated carbocycles. The van der Waals surface area contributed by atoms with Gasteiger partial charge in [-0.05, 0) is 29.7 Å². The van der Waals surface area contributed by atoms with Crippen molar-refractivity contribution in [3.05, 3.63) is 65.5 Å². The summed E-state index contributed by atoms with van der Waals surface area (Å²) in [6.45, 7) is 0.721. The average molecular weight is 322 g/mol. The van der Waals surface area contributed by atoms with Crippen LogP contribution in [0.4, 0.5) is 0 Å². The number of rotatable bonds is 4. The molecular formula is C19H18N2O3. The highest BCUT2D eigenvalue weighted by molar-refractivity contribution is 5.56. The molecule has 1 aliphatic rings. The van der Waals surface area contributed by atoms with Crippen LogP contribution in [0.15, 0.2) is 53.1 Å². The SMILES string of the molecule is COc1cccc(-c2noc(CC3OCCc4ccccc43)n2)c1. The molecule has 0 bridgehead atoms. The molecule has 4 rings (SSSR count). The fraction of sp³-hybridized carbons (Fsp3) is 0.263.